The van der Waals surface area contributed by atoms with Gasteiger partial charge in [-0.3, -0.25) is 9.52 Å². The van der Waals surface area contributed by atoms with Gasteiger partial charge in [-0.1, -0.05) is 39.3 Å². The lowest BCUT2D eigenvalue weighted by atomic mass is 10.0. The summed E-state index contributed by atoms with van der Waals surface area (Å²) in [5.74, 6) is -0.184. The highest BCUT2D eigenvalue weighted by Gasteiger charge is 2.16. The number of carbonyl (C=O) groups is 1. The topological polar surface area (TPSA) is 63.2 Å². The summed E-state index contributed by atoms with van der Waals surface area (Å²) in [7, 11) is -3.37. The van der Waals surface area contributed by atoms with Crippen molar-refractivity contribution in [2.45, 2.75) is 41.5 Å². The van der Waals surface area contributed by atoms with Crippen LogP contribution in [0.4, 0.5) is 5.69 Å². The minimum absolute atomic E-state index is 0.0183. The molecule has 0 saturated heterocycles. The van der Waals surface area contributed by atoms with E-state index in [2.05, 4.69) is 20.7 Å². The van der Waals surface area contributed by atoms with Gasteiger partial charge in [0.15, 0.2) is 5.78 Å². The summed E-state index contributed by atoms with van der Waals surface area (Å²) in [6.07, 6.45) is 0. The molecule has 0 bridgehead atoms. The van der Waals surface area contributed by atoms with Gasteiger partial charge in [-0.2, -0.15) is 0 Å². The number of rotatable bonds is 5. The molecule has 0 aliphatic carbocycles. The van der Waals surface area contributed by atoms with Gasteiger partial charge >= 0.3 is 0 Å². The quantitative estimate of drug-likeness (QED) is 0.504. The van der Waals surface area contributed by atoms with E-state index in [1.165, 1.54) is 0 Å². The second-order valence-electron chi connectivity index (χ2n) is 4.99. The maximum absolute atomic E-state index is 12.6. The molecular weight excluding hydrogens is 450 g/mol. The number of carbonyl (C=O) groups excluding carboxylic acids is 1. The maximum Gasteiger partial charge on any atom is 0.232 e. The Morgan fingerprint density at radius 1 is 1.07 bits per heavy atom. The predicted octanol–water partition coefficient (Wildman–Crippen LogP) is 6.46. The standard InChI is InChI=1S/C16H15BrClNO3S.2C2H6/c1-3-23(21,22)19-15-9-14(17)13(8-10(15)2)16(20)11-4-6-12(18)7-5-11;2*1-2/h4-9,19H,3H2,1-2H3;2*1-2H3. The highest BCUT2D eigenvalue weighted by Crippen LogP contribution is 2.28. The van der Waals surface area contributed by atoms with Gasteiger partial charge in [0.25, 0.3) is 0 Å². The van der Waals surface area contributed by atoms with Crippen LogP contribution in [0.2, 0.25) is 5.02 Å². The molecule has 0 fully saturated rings. The Bertz CT molecular complexity index is 850. The molecule has 0 spiro atoms. The fraction of sp³-hybridized carbons (Fsp3) is 0.350. The first-order valence-electron chi connectivity index (χ1n) is 8.84. The first kappa shape index (κ1) is 25.6. The van der Waals surface area contributed by atoms with E-state index in [0.717, 1.165) is 0 Å². The number of sulfonamides is 1. The molecule has 0 amide bonds. The number of hydrogen-bond acceptors (Lipinski definition) is 3. The van der Waals surface area contributed by atoms with E-state index in [-0.39, 0.29) is 11.5 Å². The van der Waals surface area contributed by atoms with E-state index in [0.29, 0.717) is 31.9 Å². The summed E-state index contributed by atoms with van der Waals surface area (Å²) in [6, 6.07) is 9.87. The predicted molar refractivity (Wildman–Crippen MR) is 120 cm³/mol. The molecule has 0 radical (unpaired) electrons. The van der Waals surface area contributed by atoms with Crippen molar-refractivity contribution in [1.29, 1.82) is 0 Å². The Kier molecular flexibility index (Phi) is 11.5. The van der Waals surface area contributed by atoms with E-state index in [9.17, 15) is 13.2 Å². The van der Waals surface area contributed by atoms with Crippen molar-refractivity contribution in [2.24, 2.45) is 0 Å². The molecule has 0 saturated carbocycles. The minimum atomic E-state index is -3.37. The zero-order valence-corrected chi connectivity index (χ0v) is 19.7. The summed E-state index contributed by atoms with van der Waals surface area (Å²) in [5.41, 5.74) is 2.09. The lowest BCUT2D eigenvalue weighted by Gasteiger charge is -2.12. The average Bonchev–Trinajstić information content (AvgIpc) is 2.67. The molecule has 0 aliphatic heterocycles. The van der Waals surface area contributed by atoms with E-state index in [4.69, 9.17) is 11.6 Å². The fourth-order valence-corrected chi connectivity index (χ4v) is 3.31. The van der Waals surface area contributed by atoms with E-state index >= 15 is 0 Å². The Hall–Kier alpha value is -1.37. The van der Waals surface area contributed by atoms with Crippen molar-refractivity contribution >= 4 is 49.0 Å². The van der Waals surface area contributed by atoms with Crippen LogP contribution in [0.1, 0.15) is 56.1 Å². The van der Waals surface area contributed by atoms with Crippen molar-refractivity contribution in [3.63, 3.8) is 0 Å². The summed E-state index contributed by atoms with van der Waals surface area (Å²) in [6.45, 7) is 11.3. The monoisotopic (exact) mass is 475 g/mol. The van der Waals surface area contributed by atoms with Crippen LogP contribution < -0.4 is 4.72 Å². The van der Waals surface area contributed by atoms with E-state index in [1.807, 2.05) is 27.7 Å². The summed E-state index contributed by atoms with van der Waals surface area (Å²) in [5, 5.41) is 0.557. The van der Waals surface area contributed by atoms with Gasteiger partial charge in [-0.05, 0) is 71.7 Å². The first-order chi connectivity index (χ1) is 12.7. The number of hydrogen-bond donors (Lipinski definition) is 1. The Balaban J connectivity index is 0.00000158. The Labute approximate surface area is 176 Å². The van der Waals surface area contributed by atoms with Crippen molar-refractivity contribution in [3.8, 4) is 0 Å². The van der Waals surface area contributed by atoms with E-state index in [1.54, 1.807) is 50.2 Å². The van der Waals surface area contributed by atoms with Gasteiger partial charge in [0.1, 0.15) is 0 Å². The smallest absolute Gasteiger partial charge is 0.232 e. The van der Waals surface area contributed by atoms with Gasteiger partial charge < -0.3 is 0 Å². The third-order valence-electron chi connectivity index (χ3n) is 3.31. The van der Waals surface area contributed by atoms with Crippen LogP contribution >= 0.6 is 27.5 Å². The normalized spacial score (nSPS) is 10.1. The number of aryl methyl sites for hydroxylation is 1. The molecule has 2 aromatic rings. The van der Waals surface area contributed by atoms with Crippen LogP contribution in [0, 0.1) is 6.92 Å². The minimum Gasteiger partial charge on any atom is -0.289 e. The van der Waals surface area contributed by atoms with Gasteiger partial charge in [0, 0.05) is 20.6 Å². The molecule has 4 nitrogen and oxygen atoms in total. The van der Waals surface area contributed by atoms with Gasteiger partial charge in [-0.25, -0.2) is 8.42 Å². The summed E-state index contributed by atoms with van der Waals surface area (Å²) >= 11 is 9.17. The molecule has 0 aliphatic rings. The number of benzene rings is 2. The number of ketones is 1. The summed E-state index contributed by atoms with van der Waals surface area (Å²) in [4.78, 5) is 12.6. The molecule has 7 heteroatoms. The van der Waals surface area contributed by atoms with Crippen LogP contribution in [0.3, 0.4) is 0 Å². The van der Waals surface area contributed by atoms with Crippen molar-refractivity contribution in [2.75, 3.05) is 10.5 Å². The fourth-order valence-electron chi connectivity index (χ4n) is 1.96. The molecular formula is C20H27BrClNO3S. The molecule has 1 N–H and O–H groups in total. The van der Waals surface area contributed by atoms with Gasteiger partial charge in [0.05, 0.1) is 11.4 Å². The molecule has 0 aromatic heterocycles. The van der Waals surface area contributed by atoms with Crippen molar-refractivity contribution in [3.05, 3.63) is 62.6 Å². The Morgan fingerprint density at radius 2 is 1.59 bits per heavy atom. The second-order valence-corrected chi connectivity index (χ2v) is 8.29. The Morgan fingerprint density at radius 3 is 2.07 bits per heavy atom. The largest absolute Gasteiger partial charge is 0.289 e. The van der Waals surface area contributed by atoms with Crippen molar-refractivity contribution < 1.29 is 13.2 Å². The molecule has 27 heavy (non-hydrogen) atoms. The zero-order chi connectivity index (χ0) is 21.2. The highest BCUT2D eigenvalue weighted by atomic mass is 79.9. The van der Waals surface area contributed by atoms with Gasteiger partial charge in [-0.15, -0.1) is 0 Å². The van der Waals surface area contributed by atoms with Gasteiger partial charge in [0.2, 0.25) is 10.0 Å². The molecule has 150 valence electrons. The molecule has 0 unspecified atom stereocenters. The number of nitrogens with one attached hydrogen (secondary N) is 1. The van der Waals surface area contributed by atoms with Crippen LogP contribution in [0.5, 0.6) is 0 Å². The van der Waals surface area contributed by atoms with Crippen LogP contribution in [0.25, 0.3) is 0 Å². The summed E-state index contributed by atoms with van der Waals surface area (Å²) < 4.78 is 26.4. The average molecular weight is 477 g/mol. The third-order valence-corrected chi connectivity index (χ3v) is 5.51. The van der Waals surface area contributed by atoms with Crippen LogP contribution in [-0.2, 0) is 10.0 Å². The van der Waals surface area contributed by atoms with Crippen molar-refractivity contribution in [1.82, 2.24) is 0 Å². The van der Waals surface area contributed by atoms with Crippen LogP contribution in [0.15, 0.2) is 40.9 Å². The lowest BCUT2D eigenvalue weighted by molar-refractivity contribution is 0.103. The number of halogens is 2. The zero-order valence-electron chi connectivity index (χ0n) is 16.6. The first-order valence-corrected chi connectivity index (χ1v) is 11.7. The second kappa shape index (κ2) is 12.2. The number of anilines is 1. The molecule has 0 atom stereocenters. The highest BCUT2D eigenvalue weighted by molar-refractivity contribution is 9.10. The SMILES string of the molecule is CC.CC.CCS(=O)(=O)Nc1cc(Br)c(C(=O)c2ccc(Cl)cc2)cc1C. The molecule has 0 heterocycles. The molecule has 2 aromatic carbocycles. The lowest BCUT2D eigenvalue weighted by Crippen LogP contribution is -2.16. The maximum atomic E-state index is 12.6. The third kappa shape index (κ3) is 7.64. The van der Waals surface area contributed by atoms with E-state index < -0.39 is 10.0 Å². The van der Waals surface area contributed by atoms with Crippen LogP contribution in [-0.4, -0.2) is 20.0 Å². The molecule has 2 rings (SSSR count).